The summed E-state index contributed by atoms with van der Waals surface area (Å²) in [5, 5.41) is 22.2. The van der Waals surface area contributed by atoms with Crippen LogP contribution in [0, 0.1) is 10.1 Å². The van der Waals surface area contributed by atoms with Gasteiger partial charge < -0.3 is 5.32 Å². The predicted octanol–water partition coefficient (Wildman–Crippen LogP) is 1.67. The first-order chi connectivity index (χ1) is 9.06. The zero-order valence-corrected chi connectivity index (χ0v) is 10.8. The molecular formula is C12H15N5O2. The van der Waals surface area contributed by atoms with Gasteiger partial charge in [-0.2, -0.15) is 15.0 Å². The highest BCUT2D eigenvalue weighted by atomic mass is 16.6. The van der Waals surface area contributed by atoms with Crippen LogP contribution < -0.4 is 5.32 Å². The highest BCUT2D eigenvalue weighted by molar-refractivity contribution is 5.39. The maximum atomic E-state index is 10.6. The number of benzene rings is 1. The fourth-order valence-corrected chi connectivity index (χ4v) is 1.52. The van der Waals surface area contributed by atoms with Crippen LogP contribution in [0.4, 0.5) is 5.69 Å². The first kappa shape index (κ1) is 13.2. The Morgan fingerprint density at radius 2 is 2.05 bits per heavy atom. The molecule has 0 amide bonds. The van der Waals surface area contributed by atoms with Gasteiger partial charge in [-0.05, 0) is 12.1 Å². The summed E-state index contributed by atoms with van der Waals surface area (Å²) in [4.78, 5) is 11.6. The Labute approximate surface area is 110 Å². The molecule has 1 N–H and O–H groups in total. The van der Waals surface area contributed by atoms with E-state index in [0.29, 0.717) is 18.3 Å². The molecule has 1 aromatic heterocycles. The fraction of sp³-hybridized carbons (Fsp3) is 0.333. The molecule has 2 rings (SSSR count). The molecule has 0 atom stereocenters. The first-order valence-electron chi connectivity index (χ1n) is 5.95. The molecule has 0 aliphatic heterocycles. The van der Waals surface area contributed by atoms with Gasteiger partial charge in [0.2, 0.25) is 0 Å². The molecule has 0 fully saturated rings. The van der Waals surface area contributed by atoms with E-state index in [0.717, 1.165) is 5.69 Å². The zero-order chi connectivity index (χ0) is 13.8. The molecule has 0 bridgehead atoms. The first-order valence-corrected chi connectivity index (χ1v) is 5.95. The smallest absolute Gasteiger partial charge is 0.269 e. The van der Waals surface area contributed by atoms with E-state index in [9.17, 15) is 10.1 Å². The summed E-state index contributed by atoms with van der Waals surface area (Å²) < 4.78 is 0. The average molecular weight is 261 g/mol. The second-order valence-corrected chi connectivity index (χ2v) is 4.43. The van der Waals surface area contributed by atoms with Crippen molar-refractivity contribution in [3.8, 4) is 5.69 Å². The molecule has 0 aliphatic rings. The van der Waals surface area contributed by atoms with E-state index in [-0.39, 0.29) is 5.69 Å². The lowest BCUT2D eigenvalue weighted by Gasteiger charge is -2.04. The molecule has 1 aromatic carbocycles. The van der Waals surface area contributed by atoms with Gasteiger partial charge in [0.05, 0.1) is 22.5 Å². The van der Waals surface area contributed by atoms with Crippen LogP contribution in [0.1, 0.15) is 19.5 Å². The van der Waals surface area contributed by atoms with E-state index in [4.69, 9.17) is 0 Å². The van der Waals surface area contributed by atoms with Crippen LogP contribution >= 0.6 is 0 Å². The van der Waals surface area contributed by atoms with Crippen molar-refractivity contribution in [1.29, 1.82) is 0 Å². The van der Waals surface area contributed by atoms with Gasteiger partial charge in [-0.3, -0.25) is 10.1 Å². The van der Waals surface area contributed by atoms with E-state index in [2.05, 4.69) is 29.4 Å². The van der Waals surface area contributed by atoms with E-state index in [1.165, 1.54) is 16.9 Å². The molecule has 0 saturated carbocycles. The Morgan fingerprint density at radius 1 is 1.37 bits per heavy atom. The minimum absolute atomic E-state index is 0.0533. The lowest BCUT2D eigenvalue weighted by molar-refractivity contribution is -0.384. The van der Waals surface area contributed by atoms with Crippen molar-refractivity contribution in [1.82, 2.24) is 20.3 Å². The van der Waals surface area contributed by atoms with Crippen molar-refractivity contribution < 1.29 is 4.92 Å². The number of aromatic nitrogens is 3. The molecule has 19 heavy (non-hydrogen) atoms. The zero-order valence-electron chi connectivity index (χ0n) is 10.8. The van der Waals surface area contributed by atoms with Gasteiger partial charge >= 0.3 is 0 Å². The molecule has 7 heteroatoms. The summed E-state index contributed by atoms with van der Waals surface area (Å²) in [5.41, 5.74) is 1.58. The van der Waals surface area contributed by atoms with Crippen molar-refractivity contribution in [2.75, 3.05) is 0 Å². The Bertz CT molecular complexity index is 562. The van der Waals surface area contributed by atoms with Gasteiger partial charge in [0, 0.05) is 24.7 Å². The van der Waals surface area contributed by atoms with Crippen LogP contribution in [-0.4, -0.2) is 26.0 Å². The highest BCUT2D eigenvalue weighted by Gasteiger charge is 2.07. The molecule has 0 unspecified atom stereocenters. The van der Waals surface area contributed by atoms with Gasteiger partial charge in [0.15, 0.2) is 0 Å². The van der Waals surface area contributed by atoms with E-state index < -0.39 is 4.92 Å². The van der Waals surface area contributed by atoms with Crippen LogP contribution in [0.3, 0.4) is 0 Å². The SMILES string of the molecule is CC(C)NCc1cnn(-c2ccc([N+](=O)[O-])cc2)n1. The Morgan fingerprint density at radius 3 is 2.63 bits per heavy atom. The summed E-state index contributed by atoms with van der Waals surface area (Å²) in [5.74, 6) is 0. The van der Waals surface area contributed by atoms with E-state index in [1.54, 1.807) is 18.3 Å². The fourth-order valence-electron chi connectivity index (χ4n) is 1.52. The quantitative estimate of drug-likeness (QED) is 0.653. The number of nitro groups is 1. The molecule has 0 radical (unpaired) electrons. The number of non-ortho nitro benzene ring substituents is 1. The standard InChI is InChI=1S/C12H15N5O2/c1-9(2)13-7-10-8-14-16(15-10)11-3-5-12(6-4-11)17(18)19/h3-6,8-9,13H,7H2,1-2H3. The van der Waals surface area contributed by atoms with Crippen molar-refractivity contribution in [3.63, 3.8) is 0 Å². The third-order valence-electron chi connectivity index (χ3n) is 2.52. The van der Waals surface area contributed by atoms with Crippen LogP contribution in [0.25, 0.3) is 5.69 Å². The van der Waals surface area contributed by atoms with Gasteiger partial charge in [0.25, 0.3) is 5.69 Å². The number of hydrogen-bond donors (Lipinski definition) is 1. The number of rotatable bonds is 5. The number of nitrogens with zero attached hydrogens (tertiary/aromatic N) is 4. The normalized spacial score (nSPS) is 10.9. The molecule has 0 saturated heterocycles. The summed E-state index contributed by atoms with van der Waals surface area (Å²) in [6.45, 7) is 4.76. The average Bonchev–Trinajstić information content (AvgIpc) is 2.85. The Balaban J connectivity index is 2.11. The molecule has 2 aromatic rings. The van der Waals surface area contributed by atoms with Gasteiger partial charge in [0.1, 0.15) is 0 Å². The van der Waals surface area contributed by atoms with Crippen LogP contribution in [0.2, 0.25) is 0 Å². The van der Waals surface area contributed by atoms with Crippen LogP contribution in [0.15, 0.2) is 30.5 Å². The number of hydrogen-bond acceptors (Lipinski definition) is 5. The molecule has 7 nitrogen and oxygen atoms in total. The summed E-state index contributed by atoms with van der Waals surface area (Å²) in [6.07, 6.45) is 1.68. The van der Waals surface area contributed by atoms with Crippen LogP contribution in [-0.2, 0) is 6.54 Å². The summed E-state index contributed by atoms with van der Waals surface area (Å²) in [7, 11) is 0. The second-order valence-electron chi connectivity index (χ2n) is 4.43. The number of nitrogens with one attached hydrogen (secondary N) is 1. The van der Waals surface area contributed by atoms with Crippen molar-refractivity contribution in [2.45, 2.75) is 26.4 Å². The Hall–Kier alpha value is -2.28. The predicted molar refractivity (Wildman–Crippen MR) is 70.0 cm³/mol. The second kappa shape index (κ2) is 5.57. The molecular weight excluding hydrogens is 246 g/mol. The topological polar surface area (TPSA) is 85.9 Å². The Kier molecular flexibility index (Phi) is 3.86. The molecule has 1 heterocycles. The molecule has 0 spiro atoms. The maximum Gasteiger partial charge on any atom is 0.269 e. The third kappa shape index (κ3) is 3.35. The largest absolute Gasteiger partial charge is 0.309 e. The monoisotopic (exact) mass is 261 g/mol. The maximum absolute atomic E-state index is 10.6. The van der Waals surface area contributed by atoms with Gasteiger partial charge in [-0.1, -0.05) is 13.8 Å². The lowest BCUT2D eigenvalue weighted by Crippen LogP contribution is -2.22. The minimum Gasteiger partial charge on any atom is -0.309 e. The van der Waals surface area contributed by atoms with Gasteiger partial charge in [-0.15, -0.1) is 0 Å². The van der Waals surface area contributed by atoms with Crippen molar-refractivity contribution in [2.24, 2.45) is 0 Å². The third-order valence-corrected chi connectivity index (χ3v) is 2.52. The summed E-state index contributed by atoms with van der Waals surface area (Å²) >= 11 is 0. The van der Waals surface area contributed by atoms with Crippen LogP contribution in [0.5, 0.6) is 0 Å². The van der Waals surface area contributed by atoms with Crippen molar-refractivity contribution >= 4 is 5.69 Å². The van der Waals surface area contributed by atoms with Gasteiger partial charge in [-0.25, -0.2) is 0 Å². The summed E-state index contributed by atoms with van der Waals surface area (Å²) in [6, 6.07) is 6.50. The van der Waals surface area contributed by atoms with E-state index in [1.807, 2.05) is 0 Å². The van der Waals surface area contributed by atoms with Crippen molar-refractivity contribution in [3.05, 3.63) is 46.3 Å². The highest BCUT2D eigenvalue weighted by Crippen LogP contribution is 2.13. The number of nitro benzene ring substituents is 1. The van der Waals surface area contributed by atoms with E-state index >= 15 is 0 Å². The minimum atomic E-state index is -0.432. The molecule has 100 valence electrons. The molecule has 0 aliphatic carbocycles. The lowest BCUT2D eigenvalue weighted by atomic mass is 10.3.